The summed E-state index contributed by atoms with van der Waals surface area (Å²) in [7, 11) is 1.65. The van der Waals surface area contributed by atoms with Crippen molar-refractivity contribution in [2.24, 2.45) is 0 Å². The summed E-state index contributed by atoms with van der Waals surface area (Å²) in [6.07, 6.45) is 1.67. The lowest BCUT2D eigenvalue weighted by molar-refractivity contribution is 0.0949. The van der Waals surface area contributed by atoms with Gasteiger partial charge in [0.25, 0.3) is 5.91 Å². The minimum atomic E-state index is -0.354. The van der Waals surface area contributed by atoms with Gasteiger partial charge in [-0.25, -0.2) is 4.79 Å². The molecule has 1 aliphatic heterocycles. The van der Waals surface area contributed by atoms with E-state index in [1.165, 1.54) is 11.1 Å². The lowest BCUT2D eigenvalue weighted by Gasteiger charge is -2.37. The number of rotatable bonds is 11. The Kier molecular flexibility index (Phi) is 10.3. The molecule has 1 saturated heterocycles. The summed E-state index contributed by atoms with van der Waals surface area (Å²) in [6.45, 7) is 7.55. The fraction of sp³-hybridized carbons (Fsp3) is 0.355. The quantitative estimate of drug-likeness (QED) is 0.305. The third-order valence-electron chi connectivity index (χ3n) is 6.89. The van der Waals surface area contributed by atoms with E-state index in [1.807, 2.05) is 42.5 Å². The Morgan fingerprint density at radius 3 is 2.23 bits per heavy atom. The van der Waals surface area contributed by atoms with Gasteiger partial charge in [0, 0.05) is 70.0 Å². The Hall–Kier alpha value is -3.88. The van der Waals surface area contributed by atoms with Crippen LogP contribution in [0.15, 0.2) is 72.8 Å². The van der Waals surface area contributed by atoms with Gasteiger partial charge in [0.2, 0.25) is 0 Å². The molecule has 1 fully saturated rings. The maximum absolute atomic E-state index is 13.2. The molecule has 39 heavy (non-hydrogen) atoms. The van der Waals surface area contributed by atoms with Gasteiger partial charge in [0.1, 0.15) is 0 Å². The Bertz CT molecular complexity index is 1210. The SMILES string of the molecule is CCc1ccc(NC(=O)Nc2ccc(N3CCN(Cc4ccccc4)CC3)c(C(=O)NCCCOC)c2)cc1. The van der Waals surface area contributed by atoms with E-state index in [-0.39, 0.29) is 11.9 Å². The fourth-order valence-electron chi connectivity index (χ4n) is 4.69. The highest BCUT2D eigenvalue weighted by molar-refractivity contribution is 6.04. The number of carbonyl (C=O) groups is 2. The van der Waals surface area contributed by atoms with Crippen molar-refractivity contribution in [2.45, 2.75) is 26.3 Å². The first-order valence-corrected chi connectivity index (χ1v) is 13.6. The largest absolute Gasteiger partial charge is 0.385 e. The van der Waals surface area contributed by atoms with E-state index in [0.29, 0.717) is 30.1 Å². The second-order valence-electron chi connectivity index (χ2n) is 9.71. The van der Waals surface area contributed by atoms with Crippen molar-refractivity contribution in [1.29, 1.82) is 0 Å². The Morgan fingerprint density at radius 1 is 0.846 bits per heavy atom. The molecule has 0 aliphatic carbocycles. The molecule has 4 rings (SSSR count). The molecule has 0 radical (unpaired) electrons. The molecule has 8 heteroatoms. The summed E-state index contributed by atoms with van der Waals surface area (Å²) in [5.41, 5.74) is 5.21. The summed E-state index contributed by atoms with van der Waals surface area (Å²) in [4.78, 5) is 30.6. The molecule has 3 aromatic rings. The number of benzene rings is 3. The van der Waals surface area contributed by atoms with E-state index in [0.717, 1.165) is 51.3 Å². The highest BCUT2D eigenvalue weighted by Crippen LogP contribution is 2.26. The molecular formula is C31H39N5O3. The lowest BCUT2D eigenvalue weighted by atomic mass is 10.1. The van der Waals surface area contributed by atoms with Gasteiger partial charge in [-0.05, 0) is 54.3 Å². The van der Waals surface area contributed by atoms with Crippen molar-refractivity contribution in [3.63, 3.8) is 0 Å². The Morgan fingerprint density at radius 2 is 1.54 bits per heavy atom. The molecule has 8 nitrogen and oxygen atoms in total. The van der Waals surface area contributed by atoms with Gasteiger partial charge >= 0.3 is 6.03 Å². The van der Waals surface area contributed by atoms with Crippen molar-refractivity contribution in [3.05, 3.63) is 89.5 Å². The molecule has 3 N–H and O–H groups in total. The molecule has 1 aliphatic rings. The summed E-state index contributed by atoms with van der Waals surface area (Å²) < 4.78 is 5.11. The van der Waals surface area contributed by atoms with Gasteiger partial charge in [0.15, 0.2) is 0 Å². The predicted molar refractivity (Wildman–Crippen MR) is 158 cm³/mol. The standard InChI is InChI=1S/C31H39N5O3/c1-3-24-10-12-26(13-11-24)33-31(38)34-27-14-15-29(28(22-27)30(37)32-16-7-21-39-2)36-19-17-35(18-20-36)23-25-8-5-4-6-9-25/h4-6,8-15,22H,3,7,16-21,23H2,1-2H3,(H,32,37)(H2,33,34,38). The zero-order valence-corrected chi connectivity index (χ0v) is 22.9. The first kappa shape index (κ1) is 28.1. The van der Waals surface area contributed by atoms with E-state index in [1.54, 1.807) is 13.2 Å². The van der Waals surface area contributed by atoms with Crippen LogP contribution in [-0.4, -0.2) is 63.3 Å². The summed E-state index contributed by atoms with van der Waals surface area (Å²) in [5.74, 6) is -0.160. The van der Waals surface area contributed by atoms with Crippen LogP contribution in [0.4, 0.5) is 21.9 Å². The highest BCUT2D eigenvalue weighted by atomic mass is 16.5. The van der Waals surface area contributed by atoms with E-state index in [9.17, 15) is 9.59 Å². The molecule has 0 aromatic heterocycles. The van der Waals surface area contributed by atoms with Crippen molar-refractivity contribution >= 4 is 29.0 Å². The number of piperazine rings is 1. The number of nitrogens with zero attached hydrogens (tertiary/aromatic N) is 2. The number of nitrogens with one attached hydrogen (secondary N) is 3. The van der Waals surface area contributed by atoms with E-state index < -0.39 is 0 Å². The Labute approximate surface area is 231 Å². The number of amides is 3. The van der Waals surface area contributed by atoms with Crippen LogP contribution in [0.1, 0.15) is 34.8 Å². The number of methoxy groups -OCH3 is 1. The topological polar surface area (TPSA) is 85.9 Å². The van der Waals surface area contributed by atoms with E-state index in [4.69, 9.17) is 4.74 Å². The highest BCUT2D eigenvalue weighted by Gasteiger charge is 2.22. The van der Waals surface area contributed by atoms with Gasteiger partial charge < -0.3 is 25.6 Å². The normalized spacial score (nSPS) is 13.6. The van der Waals surface area contributed by atoms with Crippen LogP contribution in [0, 0.1) is 0 Å². The van der Waals surface area contributed by atoms with Crippen LogP contribution >= 0.6 is 0 Å². The van der Waals surface area contributed by atoms with Gasteiger partial charge in [0.05, 0.1) is 5.56 Å². The van der Waals surface area contributed by atoms with Gasteiger partial charge in [-0.2, -0.15) is 0 Å². The average Bonchev–Trinajstić information content (AvgIpc) is 2.96. The smallest absolute Gasteiger partial charge is 0.323 e. The van der Waals surface area contributed by atoms with Crippen molar-refractivity contribution in [2.75, 3.05) is 62.0 Å². The summed E-state index contributed by atoms with van der Waals surface area (Å²) in [6, 6.07) is 23.4. The second-order valence-corrected chi connectivity index (χ2v) is 9.71. The number of hydrogen-bond donors (Lipinski definition) is 3. The van der Waals surface area contributed by atoms with Crippen LogP contribution in [0.5, 0.6) is 0 Å². The number of anilines is 3. The number of carbonyl (C=O) groups excluding carboxylic acids is 2. The number of ether oxygens (including phenoxy) is 1. The minimum absolute atomic E-state index is 0.160. The molecule has 0 atom stereocenters. The van der Waals surface area contributed by atoms with Gasteiger partial charge in [-0.3, -0.25) is 9.69 Å². The van der Waals surface area contributed by atoms with Crippen molar-refractivity contribution in [1.82, 2.24) is 10.2 Å². The number of urea groups is 1. The van der Waals surface area contributed by atoms with E-state index in [2.05, 4.69) is 56.9 Å². The zero-order valence-electron chi connectivity index (χ0n) is 22.9. The molecule has 0 bridgehead atoms. The minimum Gasteiger partial charge on any atom is -0.385 e. The number of aryl methyl sites for hydroxylation is 1. The summed E-state index contributed by atoms with van der Waals surface area (Å²) >= 11 is 0. The predicted octanol–water partition coefficient (Wildman–Crippen LogP) is 4.98. The lowest BCUT2D eigenvalue weighted by Crippen LogP contribution is -2.46. The van der Waals surface area contributed by atoms with Crippen LogP contribution in [0.3, 0.4) is 0 Å². The maximum atomic E-state index is 13.2. The van der Waals surface area contributed by atoms with Crippen molar-refractivity contribution < 1.29 is 14.3 Å². The maximum Gasteiger partial charge on any atom is 0.323 e. The zero-order chi connectivity index (χ0) is 27.5. The Balaban J connectivity index is 1.44. The molecule has 0 spiro atoms. The van der Waals surface area contributed by atoms with Crippen LogP contribution in [-0.2, 0) is 17.7 Å². The van der Waals surface area contributed by atoms with Gasteiger partial charge in [-0.15, -0.1) is 0 Å². The average molecular weight is 530 g/mol. The first-order chi connectivity index (χ1) is 19.1. The second kappa shape index (κ2) is 14.3. The third-order valence-corrected chi connectivity index (χ3v) is 6.89. The van der Waals surface area contributed by atoms with Crippen molar-refractivity contribution in [3.8, 4) is 0 Å². The van der Waals surface area contributed by atoms with Crippen LogP contribution in [0.2, 0.25) is 0 Å². The van der Waals surface area contributed by atoms with Crippen LogP contribution in [0.25, 0.3) is 0 Å². The van der Waals surface area contributed by atoms with E-state index >= 15 is 0 Å². The summed E-state index contributed by atoms with van der Waals surface area (Å²) in [5, 5.41) is 8.74. The third kappa shape index (κ3) is 8.30. The molecule has 0 saturated carbocycles. The molecule has 1 heterocycles. The van der Waals surface area contributed by atoms with Gasteiger partial charge in [-0.1, -0.05) is 49.4 Å². The first-order valence-electron chi connectivity index (χ1n) is 13.6. The fourth-order valence-corrected chi connectivity index (χ4v) is 4.69. The van der Waals surface area contributed by atoms with Crippen LogP contribution < -0.4 is 20.9 Å². The molecule has 206 valence electrons. The molecule has 3 amide bonds. The molecule has 3 aromatic carbocycles. The molecular weight excluding hydrogens is 490 g/mol. The monoisotopic (exact) mass is 529 g/mol. The number of hydrogen-bond acceptors (Lipinski definition) is 5. The molecule has 0 unspecified atom stereocenters.